The summed E-state index contributed by atoms with van der Waals surface area (Å²) in [6.45, 7) is 5.35. The molecule has 0 aromatic heterocycles. The molecule has 1 aliphatic rings. The zero-order valence-electron chi connectivity index (χ0n) is 15.0. The topological polar surface area (TPSA) is 90.6 Å². The molecule has 1 atom stereocenters. The molecule has 6 nitrogen and oxygen atoms in total. The Hall–Kier alpha value is -2.08. The fourth-order valence-corrected chi connectivity index (χ4v) is 2.97. The number of carbonyl (C=O) groups excluding carboxylic acids is 2. The molecule has 1 aliphatic heterocycles. The Balaban J connectivity index is 1.90. The van der Waals surface area contributed by atoms with Gasteiger partial charge in [-0.15, -0.1) is 0 Å². The first-order chi connectivity index (χ1) is 12.0. The number of ether oxygens (including phenoxy) is 2. The van der Waals surface area contributed by atoms with Crippen LogP contribution in [0, 0.1) is 5.41 Å². The predicted octanol–water partition coefficient (Wildman–Crippen LogP) is 1.98. The lowest BCUT2D eigenvalue weighted by atomic mass is 9.79. The highest BCUT2D eigenvalue weighted by Gasteiger charge is 2.38. The van der Waals surface area contributed by atoms with Gasteiger partial charge in [0.25, 0.3) is 5.91 Å². The van der Waals surface area contributed by atoms with Gasteiger partial charge in [0.2, 0.25) is 5.91 Å². The van der Waals surface area contributed by atoms with Gasteiger partial charge >= 0.3 is 0 Å². The quantitative estimate of drug-likeness (QED) is 0.751. The molecule has 1 aromatic rings. The van der Waals surface area contributed by atoms with E-state index in [2.05, 4.69) is 19.2 Å². The molecule has 2 rings (SSSR count). The van der Waals surface area contributed by atoms with Gasteiger partial charge in [-0.05, 0) is 36.8 Å². The second kappa shape index (κ2) is 8.85. The maximum atomic E-state index is 12.2. The number of benzene rings is 1. The van der Waals surface area contributed by atoms with E-state index < -0.39 is 5.41 Å². The number of amides is 2. The molecule has 0 spiro atoms. The van der Waals surface area contributed by atoms with Crippen molar-refractivity contribution >= 4 is 11.8 Å². The van der Waals surface area contributed by atoms with Crippen molar-refractivity contribution in [2.24, 2.45) is 11.1 Å². The molecule has 0 unspecified atom stereocenters. The van der Waals surface area contributed by atoms with E-state index in [0.717, 1.165) is 17.7 Å². The molecule has 25 heavy (non-hydrogen) atoms. The molecular weight excluding hydrogens is 320 g/mol. The minimum atomic E-state index is -0.720. The number of para-hydroxylation sites is 1. The average molecular weight is 348 g/mol. The number of rotatable bonds is 8. The summed E-state index contributed by atoms with van der Waals surface area (Å²) >= 11 is 0. The van der Waals surface area contributed by atoms with Crippen LogP contribution in [0.3, 0.4) is 0 Å². The zero-order valence-corrected chi connectivity index (χ0v) is 15.0. The van der Waals surface area contributed by atoms with Gasteiger partial charge in [-0.3, -0.25) is 9.59 Å². The van der Waals surface area contributed by atoms with Crippen molar-refractivity contribution in [3.8, 4) is 5.75 Å². The summed E-state index contributed by atoms with van der Waals surface area (Å²) in [7, 11) is 0. The lowest BCUT2D eigenvalue weighted by Gasteiger charge is -2.34. The lowest BCUT2D eigenvalue weighted by Crippen LogP contribution is -2.50. The third kappa shape index (κ3) is 4.95. The molecule has 0 radical (unpaired) electrons. The van der Waals surface area contributed by atoms with E-state index in [1.165, 1.54) is 0 Å². The number of nitrogens with one attached hydrogen (secondary N) is 1. The summed E-state index contributed by atoms with van der Waals surface area (Å²) in [6, 6.07) is 7.75. The Labute approximate surface area is 149 Å². The van der Waals surface area contributed by atoms with Crippen LogP contribution < -0.4 is 15.8 Å². The molecule has 1 fully saturated rings. The Morgan fingerprint density at radius 1 is 1.32 bits per heavy atom. The van der Waals surface area contributed by atoms with Crippen LogP contribution in [-0.2, 0) is 14.3 Å². The predicted molar refractivity (Wildman–Crippen MR) is 95.3 cm³/mol. The number of primary amides is 1. The smallest absolute Gasteiger partial charge is 0.257 e. The highest BCUT2D eigenvalue weighted by atomic mass is 16.5. The van der Waals surface area contributed by atoms with Crippen molar-refractivity contribution in [2.45, 2.75) is 39.0 Å². The Morgan fingerprint density at radius 3 is 2.64 bits per heavy atom. The zero-order chi connectivity index (χ0) is 18.3. The summed E-state index contributed by atoms with van der Waals surface area (Å²) in [4.78, 5) is 24.0. The molecule has 2 amide bonds. The van der Waals surface area contributed by atoms with Crippen molar-refractivity contribution in [1.29, 1.82) is 0 Å². The standard InChI is InChI=1S/C19H28N2O4/c1-3-14(2)15-6-4-5-7-16(15)25-12-17(22)21-13-19(18(20)23)8-10-24-11-9-19/h4-7,14H,3,8-13H2,1-2H3,(H2,20,23)(H,21,22)/t14-/m0/s1. The normalized spacial score (nSPS) is 17.5. The SMILES string of the molecule is CC[C@H](C)c1ccccc1OCC(=O)NCC1(C(N)=O)CCOCC1. The minimum Gasteiger partial charge on any atom is -0.483 e. The van der Waals surface area contributed by atoms with E-state index in [4.69, 9.17) is 15.2 Å². The van der Waals surface area contributed by atoms with E-state index in [1.807, 2.05) is 24.3 Å². The molecule has 138 valence electrons. The van der Waals surface area contributed by atoms with Crippen LogP contribution in [0.1, 0.15) is 44.6 Å². The van der Waals surface area contributed by atoms with Crippen LogP contribution in [0.15, 0.2) is 24.3 Å². The molecule has 0 bridgehead atoms. The van der Waals surface area contributed by atoms with Gasteiger partial charge < -0.3 is 20.5 Å². The van der Waals surface area contributed by atoms with Crippen LogP contribution >= 0.6 is 0 Å². The maximum absolute atomic E-state index is 12.2. The third-order valence-corrected chi connectivity index (χ3v) is 5.02. The average Bonchev–Trinajstić information content (AvgIpc) is 2.65. The van der Waals surface area contributed by atoms with Crippen LogP contribution in [0.2, 0.25) is 0 Å². The van der Waals surface area contributed by atoms with Crippen LogP contribution in [0.5, 0.6) is 5.75 Å². The van der Waals surface area contributed by atoms with Crippen LogP contribution in [-0.4, -0.2) is 38.2 Å². The van der Waals surface area contributed by atoms with E-state index in [9.17, 15) is 9.59 Å². The number of hydrogen-bond donors (Lipinski definition) is 2. The Kier molecular flexibility index (Phi) is 6.82. The Morgan fingerprint density at radius 2 is 2.00 bits per heavy atom. The molecule has 1 heterocycles. The molecule has 6 heteroatoms. The first kappa shape index (κ1) is 19.2. The fourth-order valence-electron chi connectivity index (χ4n) is 2.97. The highest BCUT2D eigenvalue weighted by molar-refractivity contribution is 5.83. The molecule has 3 N–H and O–H groups in total. The van der Waals surface area contributed by atoms with Crippen molar-refractivity contribution in [1.82, 2.24) is 5.32 Å². The molecule has 1 saturated heterocycles. The van der Waals surface area contributed by atoms with E-state index in [0.29, 0.717) is 32.0 Å². The summed E-state index contributed by atoms with van der Waals surface area (Å²) in [5.41, 5.74) is 5.92. The van der Waals surface area contributed by atoms with Gasteiger partial charge in [0, 0.05) is 19.8 Å². The fraction of sp³-hybridized carbons (Fsp3) is 0.579. The van der Waals surface area contributed by atoms with Crippen LogP contribution in [0.4, 0.5) is 0 Å². The van der Waals surface area contributed by atoms with Gasteiger partial charge in [0.05, 0.1) is 5.41 Å². The van der Waals surface area contributed by atoms with E-state index in [1.54, 1.807) is 0 Å². The molecule has 1 aromatic carbocycles. The highest BCUT2D eigenvalue weighted by Crippen LogP contribution is 2.30. The first-order valence-electron chi connectivity index (χ1n) is 8.84. The largest absolute Gasteiger partial charge is 0.483 e. The van der Waals surface area contributed by atoms with Crippen molar-refractivity contribution in [2.75, 3.05) is 26.4 Å². The first-order valence-corrected chi connectivity index (χ1v) is 8.84. The molecular formula is C19H28N2O4. The summed E-state index contributed by atoms with van der Waals surface area (Å²) in [6.07, 6.45) is 2.05. The minimum absolute atomic E-state index is 0.0845. The van der Waals surface area contributed by atoms with Crippen molar-refractivity contribution in [3.05, 3.63) is 29.8 Å². The second-order valence-corrected chi connectivity index (χ2v) is 6.67. The molecule has 0 aliphatic carbocycles. The van der Waals surface area contributed by atoms with E-state index >= 15 is 0 Å². The second-order valence-electron chi connectivity index (χ2n) is 6.67. The summed E-state index contributed by atoms with van der Waals surface area (Å²) in [5, 5.41) is 2.79. The number of carbonyl (C=O) groups is 2. The number of nitrogens with two attached hydrogens (primary N) is 1. The molecule has 0 saturated carbocycles. The summed E-state index contributed by atoms with van der Waals surface area (Å²) < 4.78 is 11.0. The monoisotopic (exact) mass is 348 g/mol. The third-order valence-electron chi connectivity index (χ3n) is 5.02. The number of hydrogen-bond acceptors (Lipinski definition) is 4. The van der Waals surface area contributed by atoms with Crippen LogP contribution in [0.25, 0.3) is 0 Å². The van der Waals surface area contributed by atoms with Gasteiger partial charge in [-0.2, -0.15) is 0 Å². The van der Waals surface area contributed by atoms with Gasteiger partial charge in [0.15, 0.2) is 6.61 Å². The van der Waals surface area contributed by atoms with Gasteiger partial charge in [0.1, 0.15) is 5.75 Å². The van der Waals surface area contributed by atoms with E-state index in [-0.39, 0.29) is 25.0 Å². The maximum Gasteiger partial charge on any atom is 0.257 e. The lowest BCUT2D eigenvalue weighted by molar-refractivity contribution is -0.134. The van der Waals surface area contributed by atoms with Crippen molar-refractivity contribution in [3.63, 3.8) is 0 Å². The van der Waals surface area contributed by atoms with Gasteiger partial charge in [-0.25, -0.2) is 0 Å². The van der Waals surface area contributed by atoms with Gasteiger partial charge in [-0.1, -0.05) is 32.0 Å². The Bertz CT molecular complexity index is 597. The summed E-state index contributed by atoms with van der Waals surface area (Å²) in [5.74, 6) is 0.438. The van der Waals surface area contributed by atoms with Crippen molar-refractivity contribution < 1.29 is 19.1 Å².